The summed E-state index contributed by atoms with van der Waals surface area (Å²) in [5.41, 5.74) is 4.01. The quantitative estimate of drug-likeness (QED) is 0.879. The van der Waals surface area contributed by atoms with Crippen molar-refractivity contribution >= 4 is 0 Å². The number of rotatable bonds is 4. The molecular weight excluding hydrogens is 234 g/mol. The predicted molar refractivity (Wildman–Crippen MR) is 79.0 cm³/mol. The minimum atomic E-state index is 0.213. The molecule has 0 saturated heterocycles. The van der Waals surface area contributed by atoms with Crippen molar-refractivity contribution in [3.8, 4) is 0 Å². The van der Waals surface area contributed by atoms with Crippen LogP contribution >= 0.6 is 0 Å². The van der Waals surface area contributed by atoms with Gasteiger partial charge >= 0.3 is 0 Å². The van der Waals surface area contributed by atoms with E-state index in [-0.39, 0.29) is 5.41 Å². The third kappa shape index (κ3) is 3.67. The Morgan fingerprint density at radius 3 is 2.42 bits per heavy atom. The molecule has 2 rings (SSSR count). The van der Waals surface area contributed by atoms with E-state index in [0.717, 1.165) is 12.2 Å². The number of aromatic amines is 1. The molecule has 1 unspecified atom stereocenters. The van der Waals surface area contributed by atoms with Crippen LogP contribution in [0.5, 0.6) is 0 Å². The maximum atomic E-state index is 4.02. The minimum Gasteiger partial charge on any atom is -0.347 e. The summed E-state index contributed by atoms with van der Waals surface area (Å²) >= 11 is 0. The number of hydrogen-bond donors (Lipinski definition) is 2. The summed E-state index contributed by atoms with van der Waals surface area (Å²) in [7, 11) is 0. The number of nitrogens with one attached hydrogen (secondary N) is 2. The summed E-state index contributed by atoms with van der Waals surface area (Å²) in [6.07, 6.45) is 3.56. The molecule has 2 aromatic rings. The number of aromatic nitrogens is 2. The van der Waals surface area contributed by atoms with Crippen LogP contribution in [0.2, 0.25) is 0 Å². The van der Waals surface area contributed by atoms with Gasteiger partial charge in [-0.1, -0.05) is 45.0 Å². The van der Waals surface area contributed by atoms with E-state index in [2.05, 4.69) is 67.2 Å². The van der Waals surface area contributed by atoms with Crippen LogP contribution in [0.25, 0.3) is 0 Å². The van der Waals surface area contributed by atoms with Gasteiger partial charge in [0.05, 0.1) is 6.33 Å². The van der Waals surface area contributed by atoms with Gasteiger partial charge in [-0.15, -0.1) is 0 Å². The number of benzene rings is 1. The molecule has 1 aromatic carbocycles. The van der Waals surface area contributed by atoms with Crippen LogP contribution in [-0.4, -0.2) is 9.97 Å². The van der Waals surface area contributed by atoms with Gasteiger partial charge in [0.2, 0.25) is 0 Å². The molecule has 1 atom stereocenters. The summed E-state index contributed by atoms with van der Waals surface area (Å²) < 4.78 is 0. The smallest absolute Gasteiger partial charge is 0.0922 e. The Labute approximate surface area is 115 Å². The molecule has 3 nitrogen and oxygen atoms in total. The molecule has 0 aliphatic heterocycles. The van der Waals surface area contributed by atoms with Gasteiger partial charge in [0.25, 0.3) is 0 Å². The highest BCUT2D eigenvalue weighted by atomic mass is 14.9. The van der Waals surface area contributed by atoms with Crippen molar-refractivity contribution in [3.05, 3.63) is 53.6 Å². The molecule has 1 aromatic heterocycles. The minimum absolute atomic E-state index is 0.213. The molecular formula is C16H23N3. The van der Waals surface area contributed by atoms with Crippen LogP contribution in [0.15, 0.2) is 36.8 Å². The molecule has 0 aliphatic carbocycles. The van der Waals surface area contributed by atoms with Crippen molar-refractivity contribution in [2.45, 2.75) is 45.7 Å². The van der Waals surface area contributed by atoms with Crippen LogP contribution in [0.1, 0.15) is 50.6 Å². The third-order valence-electron chi connectivity index (χ3n) is 3.43. The lowest BCUT2D eigenvalue weighted by molar-refractivity contribution is 0.565. The van der Waals surface area contributed by atoms with Crippen LogP contribution in [0, 0.1) is 0 Å². The molecule has 0 amide bonds. The number of nitrogens with zero attached hydrogens (tertiary/aromatic N) is 1. The Balaban J connectivity index is 1.97. The van der Waals surface area contributed by atoms with Crippen LogP contribution in [-0.2, 0) is 12.0 Å². The van der Waals surface area contributed by atoms with Crippen LogP contribution < -0.4 is 5.32 Å². The van der Waals surface area contributed by atoms with Crippen LogP contribution in [0.4, 0.5) is 0 Å². The zero-order chi connectivity index (χ0) is 13.9. The normalized spacial score (nSPS) is 13.5. The Morgan fingerprint density at radius 1 is 1.21 bits per heavy atom. The number of imidazole rings is 1. The van der Waals surface area contributed by atoms with Crippen molar-refractivity contribution in [1.29, 1.82) is 0 Å². The van der Waals surface area contributed by atoms with Crippen molar-refractivity contribution in [3.63, 3.8) is 0 Å². The van der Waals surface area contributed by atoms with Gasteiger partial charge in [0, 0.05) is 24.5 Å². The lowest BCUT2D eigenvalue weighted by Gasteiger charge is -2.20. The Bertz CT molecular complexity index is 492. The molecule has 0 bridgehead atoms. The third-order valence-corrected chi connectivity index (χ3v) is 3.43. The van der Waals surface area contributed by atoms with Gasteiger partial charge in [-0.2, -0.15) is 0 Å². The average Bonchev–Trinajstić information content (AvgIpc) is 2.88. The molecule has 0 aliphatic rings. The first kappa shape index (κ1) is 13.8. The van der Waals surface area contributed by atoms with E-state index in [1.165, 1.54) is 11.1 Å². The van der Waals surface area contributed by atoms with Crippen LogP contribution in [0.3, 0.4) is 0 Å². The predicted octanol–water partition coefficient (Wildman–Crippen LogP) is 3.56. The van der Waals surface area contributed by atoms with Gasteiger partial charge in [0.1, 0.15) is 0 Å². The van der Waals surface area contributed by atoms with Gasteiger partial charge in [-0.25, -0.2) is 4.98 Å². The lowest BCUT2D eigenvalue weighted by atomic mass is 9.86. The summed E-state index contributed by atoms with van der Waals surface area (Å²) in [6.45, 7) is 9.70. The summed E-state index contributed by atoms with van der Waals surface area (Å²) in [6, 6.07) is 9.21. The topological polar surface area (TPSA) is 40.7 Å². The number of H-pyrrole nitrogens is 1. The SMILES string of the molecule is CC(NCc1cnc[nH]1)c1ccc(C(C)(C)C)cc1. The van der Waals surface area contributed by atoms with E-state index in [4.69, 9.17) is 0 Å². The molecule has 19 heavy (non-hydrogen) atoms. The zero-order valence-corrected chi connectivity index (χ0v) is 12.2. The molecule has 1 heterocycles. The van der Waals surface area contributed by atoms with Crippen molar-refractivity contribution < 1.29 is 0 Å². The molecule has 2 N–H and O–H groups in total. The molecule has 0 spiro atoms. The summed E-state index contributed by atoms with van der Waals surface area (Å²) in [5, 5.41) is 3.49. The van der Waals surface area contributed by atoms with E-state index >= 15 is 0 Å². The highest BCUT2D eigenvalue weighted by molar-refractivity contribution is 5.29. The fraction of sp³-hybridized carbons (Fsp3) is 0.438. The van der Waals surface area contributed by atoms with Gasteiger partial charge < -0.3 is 10.3 Å². The highest BCUT2D eigenvalue weighted by Gasteiger charge is 2.13. The van der Waals surface area contributed by atoms with E-state index in [0.29, 0.717) is 6.04 Å². The fourth-order valence-electron chi connectivity index (χ4n) is 2.03. The van der Waals surface area contributed by atoms with Crippen molar-refractivity contribution in [1.82, 2.24) is 15.3 Å². The first-order valence-corrected chi connectivity index (χ1v) is 6.78. The van der Waals surface area contributed by atoms with Gasteiger partial charge in [-0.3, -0.25) is 0 Å². The summed E-state index contributed by atoms with van der Waals surface area (Å²) in [4.78, 5) is 7.12. The van der Waals surface area contributed by atoms with Crippen molar-refractivity contribution in [2.75, 3.05) is 0 Å². The second-order valence-electron chi connectivity index (χ2n) is 6.05. The standard InChI is InChI=1S/C16H23N3/c1-12(18-10-15-9-17-11-19-15)13-5-7-14(8-6-13)16(2,3)4/h5-9,11-12,18H,10H2,1-4H3,(H,17,19). The Hall–Kier alpha value is -1.61. The van der Waals surface area contributed by atoms with E-state index < -0.39 is 0 Å². The molecule has 0 radical (unpaired) electrons. The van der Waals surface area contributed by atoms with E-state index in [1.54, 1.807) is 6.33 Å². The van der Waals surface area contributed by atoms with E-state index in [1.807, 2.05) is 6.20 Å². The molecule has 102 valence electrons. The second-order valence-corrected chi connectivity index (χ2v) is 6.05. The fourth-order valence-corrected chi connectivity index (χ4v) is 2.03. The molecule has 0 fully saturated rings. The Kier molecular flexibility index (Phi) is 4.05. The van der Waals surface area contributed by atoms with Gasteiger partial charge in [0.15, 0.2) is 0 Å². The van der Waals surface area contributed by atoms with Crippen molar-refractivity contribution in [2.24, 2.45) is 0 Å². The second kappa shape index (κ2) is 5.57. The molecule has 0 saturated carbocycles. The zero-order valence-electron chi connectivity index (χ0n) is 12.2. The summed E-state index contributed by atoms with van der Waals surface area (Å²) in [5.74, 6) is 0. The first-order valence-electron chi connectivity index (χ1n) is 6.78. The van der Waals surface area contributed by atoms with Gasteiger partial charge in [-0.05, 0) is 23.5 Å². The largest absolute Gasteiger partial charge is 0.347 e. The maximum absolute atomic E-state index is 4.02. The Morgan fingerprint density at radius 2 is 1.89 bits per heavy atom. The monoisotopic (exact) mass is 257 g/mol. The maximum Gasteiger partial charge on any atom is 0.0922 e. The average molecular weight is 257 g/mol. The van der Waals surface area contributed by atoms with E-state index in [9.17, 15) is 0 Å². The highest BCUT2D eigenvalue weighted by Crippen LogP contribution is 2.23. The first-order chi connectivity index (χ1) is 8.97. The lowest BCUT2D eigenvalue weighted by Crippen LogP contribution is -2.18. The molecule has 3 heteroatoms. The number of hydrogen-bond acceptors (Lipinski definition) is 2.